The first-order chi connectivity index (χ1) is 17.8. The third-order valence-electron chi connectivity index (χ3n) is 5.48. The summed E-state index contributed by atoms with van der Waals surface area (Å²) < 4.78 is 5.78. The average Bonchev–Trinajstić information content (AvgIpc) is 2.90. The molecule has 0 unspecified atom stereocenters. The summed E-state index contributed by atoms with van der Waals surface area (Å²) in [6, 6.07) is 25.6. The van der Waals surface area contributed by atoms with E-state index in [0.717, 1.165) is 5.56 Å². The number of rotatable bonds is 8. The number of ether oxygens (including phenoxy) is 1. The van der Waals surface area contributed by atoms with Crippen molar-refractivity contribution in [1.82, 2.24) is 5.43 Å². The third-order valence-corrected chi connectivity index (χ3v) is 6.78. The van der Waals surface area contributed by atoms with Crippen LogP contribution < -0.4 is 10.2 Å². The molecule has 4 aromatic rings. The predicted octanol–water partition coefficient (Wildman–Crippen LogP) is 7.27. The molecular weight excluding hydrogens is 554 g/mol. The lowest BCUT2D eigenvalue weighted by Gasteiger charge is -2.27. The number of carbonyl (C=O) groups excluding carboxylic acids is 1. The van der Waals surface area contributed by atoms with E-state index in [1.165, 1.54) is 6.21 Å². The Labute approximate surface area is 234 Å². The summed E-state index contributed by atoms with van der Waals surface area (Å²) in [6.07, 6.45) is 1.37. The van der Waals surface area contributed by atoms with Crippen molar-refractivity contribution in [3.8, 4) is 5.75 Å². The number of halogens is 4. The van der Waals surface area contributed by atoms with E-state index in [0.29, 0.717) is 26.7 Å². The van der Waals surface area contributed by atoms with Crippen LogP contribution in [-0.4, -0.2) is 17.2 Å². The number of benzene rings is 4. The molecule has 4 aromatic carbocycles. The number of hydrazone groups is 1. The fourth-order valence-electron chi connectivity index (χ4n) is 3.61. The fourth-order valence-corrected chi connectivity index (χ4v) is 4.54. The molecule has 0 saturated carbocycles. The van der Waals surface area contributed by atoms with Gasteiger partial charge in [0.05, 0.1) is 26.3 Å². The zero-order valence-corrected chi connectivity index (χ0v) is 22.2. The van der Waals surface area contributed by atoms with Crippen LogP contribution in [0.5, 0.6) is 5.75 Å². The number of carbonyl (C=O) groups is 1. The maximum atomic E-state index is 13.1. The van der Waals surface area contributed by atoms with Gasteiger partial charge in [-0.1, -0.05) is 113 Å². The van der Waals surface area contributed by atoms with E-state index < -0.39 is 11.5 Å². The van der Waals surface area contributed by atoms with Crippen molar-refractivity contribution in [2.24, 2.45) is 5.10 Å². The monoisotopic (exact) mass is 572 g/mol. The second-order valence-corrected chi connectivity index (χ2v) is 9.62. The van der Waals surface area contributed by atoms with Crippen LogP contribution in [0.2, 0.25) is 20.1 Å². The van der Waals surface area contributed by atoms with Crippen LogP contribution in [0.25, 0.3) is 0 Å². The van der Waals surface area contributed by atoms with Crippen molar-refractivity contribution >= 4 is 58.5 Å². The van der Waals surface area contributed by atoms with E-state index in [1.807, 2.05) is 0 Å². The van der Waals surface area contributed by atoms with Gasteiger partial charge < -0.3 is 9.84 Å². The molecule has 0 aliphatic heterocycles. The topological polar surface area (TPSA) is 70.9 Å². The highest BCUT2D eigenvalue weighted by Crippen LogP contribution is 2.35. The molecular formula is C28H20Cl4N2O3. The van der Waals surface area contributed by atoms with Gasteiger partial charge in [0.15, 0.2) is 11.4 Å². The van der Waals surface area contributed by atoms with Crippen LogP contribution in [0.4, 0.5) is 0 Å². The number of nitrogens with zero attached hydrogens (tertiary/aromatic N) is 1. The molecule has 0 bridgehead atoms. The molecule has 1 amide bonds. The quantitative estimate of drug-likeness (QED) is 0.172. The van der Waals surface area contributed by atoms with Crippen molar-refractivity contribution in [3.63, 3.8) is 0 Å². The summed E-state index contributed by atoms with van der Waals surface area (Å²) >= 11 is 24.8. The molecule has 4 rings (SSSR count). The maximum Gasteiger partial charge on any atom is 0.281 e. The Hall–Kier alpha value is -3.06. The predicted molar refractivity (Wildman–Crippen MR) is 149 cm³/mol. The maximum absolute atomic E-state index is 13.1. The minimum Gasteiger partial charge on any atom is -0.486 e. The summed E-state index contributed by atoms with van der Waals surface area (Å²) in [6.45, 7) is 0.178. The van der Waals surface area contributed by atoms with E-state index in [-0.39, 0.29) is 22.4 Å². The molecule has 37 heavy (non-hydrogen) atoms. The smallest absolute Gasteiger partial charge is 0.281 e. The standard InChI is InChI=1S/C28H20Cl4N2O3/c29-22-12-11-18(13-23(22)30)17-37-26-24(31)14-19(15-25(26)32)16-33-34-27(35)28(36,20-7-3-1-4-8-20)21-9-5-2-6-10-21/h1-16,36H,17H2,(H,34,35)/b33-16+. The second kappa shape index (κ2) is 12.0. The van der Waals surface area contributed by atoms with E-state index in [2.05, 4.69) is 10.5 Å². The Morgan fingerprint density at radius 3 is 1.92 bits per heavy atom. The Bertz CT molecular complexity index is 1370. The number of hydrogen-bond acceptors (Lipinski definition) is 4. The third kappa shape index (κ3) is 6.27. The molecule has 0 radical (unpaired) electrons. The van der Waals surface area contributed by atoms with Crippen molar-refractivity contribution in [2.45, 2.75) is 12.2 Å². The minimum absolute atomic E-state index is 0.178. The Balaban J connectivity index is 1.49. The van der Waals surface area contributed by atoms with Gasteiger partial charge in [-0.2, -0.15) is 5.10 Å². The molecule has 0 aliphatic carbocycles. The largest absolute Gasteiger partial charge is 0.486 e. The molecule has 0 atom stereocenters. The van der Waals surface area contributed by atoms with Gasteiger partial charge in [-0.3, -0.25) is 4.79 Å². The minimum atomic E-state index is -1.95. The molecule has 188 valence electrons. The Kier molecular flexibility index (Phi) is 8.75. The highest BCUT2D eigenvalue weighted by molar-refractivity contribution is 6.42. The SMILES string of the molecule is O=C(N/N=C/c1cc(Cl)c(OCc2ccc(Cl)c(Cl)c2)c(Cl)c1)C(O)(c1ccccc1)c1ccccc1. The highest BCUT2D eigenvalue weighted by Gasteiger charge is 2.39. The highest BCUT2D eigenvalue weighted by atomic mass is 35.5. The van der Waals surface area contributed by atoms with Crippen molar-refractivity contribution in [2.75, 3.05) is 0 Å². The lowest BCUT2D eigenvalue weighted by molar-refractivity contribution is -0.136. The second-order valence-electron chi connectivity index (χ2n) is 7.99. The van der Waals surface area contributed by atoms with Crippen molar-refractivity contribution in [1.29, 1.82) is 0 Å². The molecule has 9 heteroatoms. The van der Waals surface area contributed by atoms with E-state index in [4.69, 9.17) is 51.1 Å². The number of hydrogen-bond donors (Lipinski definition) is 2. The van der Waals surface area contributed by atoms with Gasteiger partial charge in [0, 0.05) is 0 Å². The van der Waals surface area contributed by atoms with Crippen molar-refractivity contribution < 1.29 is 14.6 Å². The van der Waals surface area contributed by atoms with Gasteiger partial charge in [0.25, 0.3) is 5.91 Å². The average molecular weight is 574 g/mol. The van der Waals surface area contributed by atoms with Crippen LogP contribution in [0.15, 0.2) is 96.1 Å². The molecule has 0 aromatic heterocycles. The van der Waals surface area contributed by atoms with Gasteiger partial charge in [-0.15, -0.1) is 0 Å². The Morgan fingerprint density at radius 1 is 0.811 bits per heavy atom. The molecule has 2 N–H and O–H groups in total. The first-order valence-corrected chi connectivity index (χ1v) is 12.5. The van der Waals surface area contributed by atoms with Gasteiger partial charge in [-0.25, -0.2) is 5.43 Å². The first-order valence-electron chi connectivity index (χ1n) is 11.0. The lowest BCUT2D eigenvalue weighted by Crippen LogP contribution is -2.43. The number of aliphatic hydroxyl groups is 1. The molecule has 0 heterocycles. The molecule has 5 nitrogen and oxygen atoms in total. The molecule has 0 fully saturated rings. The van der Waals surface area contributed by atoms with Crippen LogP contribution in [0.1, 0.15) is 22.3 Å². The van der Waals surface area contributed by atoms with Crippen LogP contribution >= 0.6 is 46.4 Å². The van der Waals surface area contributed by atoms with E-state index >= 15 is 0 Å². The van der Waals surface area contributed by atoms with Gasteiger partial charge >= 0.3 is 0 Å². The summed E-state index contributed by atoms with van der Waals surface area (Å²) in [5, 5.41) is 16.9. The zero-order valence-electron chi connectivity index (χ0n) is 19.2. The van der Waals surface area contributed by atoms with Crippen LogP contribution in [-0.2, 0) is 17.0 Å². The summed E-state index contributed by atoms with van der Waals surface area (Å²) in [5.74, 6) is -0.432. The normalized spacial score (nSPS) is 11.5. The van der Waals surface area contributed by atoms with E-state index in [9.17, 15) is 9.90 Å². The molecule has 0 aliphatic rings. The van der Waals surface area contributed by atoms with E-state index in [1.54, 1.807) is 91.0 Å². The van der Waals surface area contributed by atoms with Crippen LogP contribution in [0, 0.1) is 0 Å². The van der Waals surface area contributed by atoms with Crippen LogP contribution in [0.3, 0.4) is 0 Å². The van der Waals surface area contributed by atoms with Gasteiger partial charge in [0.1, 0.15) is 6.61 Å². The molecule has 0 spiro atoms. The lowest BCUT2D eigenvalue weighted by atomic mass is 9.85. The Morgan fingerprint density at radius 2 is 1.38 bits per heavy atom. The number of nitrogens with one attached hydrogen (secondary N) is 1. The van der Waals surface area contributed by atoms with Gasteiger partial charge in [0.2, 0.25) is 0 Å². The fraction of sp³-hybridized carbons (Fsp3) is 0.0714. The summed E-state index contributed by atoms with van der Waals surface area (Å²) in [5.41, 5.74) is 2.59. The summed E-state index contributed by atoms with van der Waals surface area (Å²) in [7, 11) is 0. The molecule has 0 saturated heterocycles. The summed E-state index contributed by atoms with van der Waals surface area (Å²) in [4.78, 5) is 13.1. The number of amides is 1. The van der Waals surface area contributed by atoms with Gasteiger partial charge in [-0.05, 0) is 46.5 Å². The van der Waals surface area contributed by atoms with Crippen molar-refractivity contribution in [3.05, 3.63) is 133 Å². The zero-order chi connectivity index (χ0) is 26.4. The first kappa shape index (κ1) is 27.0.